The van der Waals surface area contributed by atoms with Gasteiger partial charge in [-0.05, 0) is 57.3 Å². The van der Waals surface area contributed by atoms with Gasteiger partial charge in [0.15, 0.2) is 0 Å². The maximum absolute atomic E-state index is 12.7. The quantitative estimate of drug-likeness (QED) is 0.738. The van der Waals surface area contributed by atoms with E-state index in [1.165, 1.54) is 43.2 Å². The number of ether oxygens (including phenoxy) is 1. The molecule has 0 spiro atoms. The predicted molar refractivity (Wildman–Crippen MR) is 118 cm³/mol. The fraction of sp³-hybridized carbons (Fsp3) is 0.708. The maximum atomic E-state index is 12.7. The third-order valence-corrected chi connectivity index (χ3v) is 6.51. The van der Waals surface area contributed by atoms with Crippen molar-refractivity contribution in [3.8, 4) is 0 Å². The molecule has 1 saturated carbocycles. The van der Waals surface area contributed by atoms with E-state index in [1.807, 2.05) is 4.90 Å². The molecule has 2 aliphatic rings. The van der Waals surface area contributed by atoms with Gasteiger partial charge in [-0.3, -0.25) is 0 Å². The number of hydrogen-bond acceptors (Lipinski definition) is 3. The Morgan fingerprint density at radius 1 is 1.07 bits per heavy atom. The monoisotopic (exact) mass is 401 g/mol. The van der Waals surface area contributed by atoms with E-state index in [1.54, 1.807) is 0 Å². The third-order valence-electron chi connectivity index (χ3n) is 6.51. The van der Waals surface area contributed by atoms with Gasteiger partial charge in [0.1, 0.15) is 0 Å². The highest BCUT2D eigenvalue weighted by molar-refractivity contribution is 5.74. The van der Waals surface area contributed by atoms with E-state index < -0.39 is 0 Å². The first-order valence-electron chi connectivity index (χ1n) is 11.5. The molecule has 1 heterocycles. The lowest BCUT2D eigenvalue weighted by Gasteiger charge is -2.35. The van der Waals surface area contributed by atoms with Crippen molar-refractivity contribution >= 4 is 6.03 Å². The van der Waals surface area contributed by atoms with E-state index in [0.717, 1.165) is 32.4 Å². The molecule has 1 aromatic rings. The van der Waals surface area contributed by atoms with Crippen LogP contribution >= 0.6 is 0 Å². The number of nitrogens with zero attached hydrogens (tertiary/aromatic N) is 2. The number of amides is 2. The molecule has 1 atom stereocenters. The minimum absolute atomic E-state index is 0.0538. The van der Waals surface area contributed by atoms with Crippen LogP contribution in [0.3, 0.4) is 0 Å². The normalized spacial score (nSPS) is 20.1. The van der Waals surface area contributed by atoms with Crippen LogP contribution in [0.1, 0.15) is 69.0 Å². The molecule has 1 aliphatic heterocycles. The van der Waals surface area contributed by atoms with Gasteiger partial charge in [0.25, 0.3) is 0 Å². The van der Waals surface area contributed by atoms with Crippen LogP contribution in [0.25, 0.3) is 0 Å². The topological polar surface area (TPSA) is 44.8 Å². The van der Waals surface area contributed by atoms with E-state index >= 15 is 0 Å². The van der Waals surface area contributed by atoms with Crippen LogP contribution in [0.4, 0.5) is 4.79 Å². The van der Waals surface area contributed by atoms with Gasteiger partial charge in [-0.15, -0.1) is 0 Å². The molecule has 1 N–H and O–H groups in total. The summed E-state index contributed by atoms with van der Waals surface area (Å²) in [5.74, 6) is 0. The average Bonchev–Trinajstić information content (AvgIpc) is 2.75. The number of carbonyl (C=O) groups is 1. The van der Waals surface area contributed by atoms with Crippen LogP contribution in [0.15, 0.2) is 24.3 Å². The molecule has 162 valence electrons. The number of likely N-dealkylation sites (N-methyl/N-ethyl adjacent to an activating group) is 1. The number of carbonyl (C=O) groups excluding carboxylic acids is 1. The average molecular weight is 402 g/mol. The van der Waals surface area contributed by atoms with Crippen molar-refractivity contribution in [2.24, 2.45) is 0 Å². The smallest absolute Gasteiger partial charge is 0.317 e. The first-order chi connectivity index (χ1) is 14.1. The number of urea groups is 1. The summed E-state index contributed by atoms with van der Waals surface area (Å²) in [6, 6.07) is 8.97. The summed E-state index contributed by atoms with van der Waals surface area (Å²) < 4.78 is 6.30. The first kappa shape index (κ1) is 22.1. The van der Waals surface area contributed by atoms with Crippen molar-refractivity contribution in [2.75, 3.05) is 33.7 Å². The Bertz CT molecular complexity index is 618. The molecule has 2 fully saturated rings. The van der Waals surface area contributed by atoms with Crippen molar-refractivity contribution in [1.29, 1.82) is 0 Å². The fourth-order valence-corrected chi connectivity index (χ4v) is 4.54. The molecule has 0 bridgehead atoms. The number of rotatable bonds is 7. The Balaban J connectivity index is 1.44. The second-order valence-corrected chi connectivity index (χ2v) is 8.84. The number of aryl methyl sites for hydroxylation is 1. The molecule has 1 saturated heterocycles. The largest absolute Gasteiger partial charge is 0.375 e. The Morgan fingerprint density at radius 3 is 2.28 bits per heavy atom. The summed E-state index contributed by atoms with van der Waals surface area (Å²) in [5.41, 5.74) is 2.58. The van der Waals surface area contributed by atoms with Crippen LogP contribution in [0, 0.1) is 0 Å². The minimum Gasteiger partial charge on any atom is -0.375 e. The number of hydrogen-bond donors (Lipinski definition) is 1. The van der Waals surface area contributed by atoms with Crippen molar-refractivity contribution in [3.63, 3.8) is 0 Å². The molecule has 5 heteroatoms. The molecule has 0 aromatic heterocycles. The second-order valence-electron chi connectivity index (χ2n) is 8.84. The molecular formula is C24H39N3O2. The Morgan fingerprint density at radius 2 is 1.69 bits per heavy atom. The number of nitrogens with one attached hydrogen (secondary N) is 1. The predicted octanol–water partition coefficient (Wildman–Crippen LogP) is 4.38. The Kier molecular flexibility index (Phi) is 8.37. The summed E-state index contributed by atoms with van der Waals surface area (Å²) >= 11 is 0. The van der Waals surface area contributed by atoms with Gasteiger partial charge in [0.2, 0.25) is 0 Å². The summed E-state index contributed by atoms with van der Waals surface area (Å²) in [5, 5.41) is 3.16. The molecule has 29 heavy (non-hydrogen) atoms. The van der Waals surface area contributed by atoms with Gasteiger partial charge in [0.05, 0.1) is 18.2 Å². The molecule has 3 rings (SSSR count). The standard InChI is InChI=1S/C24H39N3O2/c1-4-19-10-12-20(13-11-19)23(26(2)3)18-25-24(28)27-16-14-22(15-17-27)29-21-8-6-5-7-9-21/h10-13,21-23H,4-9,14-18H2,1-3H3,(H,25,28). The summed E-state index contributed by atoms with van der Waals surface area (Å²) in [7, 11) is 4.14. The van der Waals surface area contributed by atoms with E-state index in [2.05, 4.69) is 55.5 Å². The van der Waals surface area contributed by atoms with Gasteiger partial charge in [0, 0.05) is 19.6 Å². The van der Waals surface area contributed by atoms with Gasteiger partial charge < -0.3 is 19.9 Å². The highest BCUT2D eigenvalue weighted by Gasteiger charge is 2.26. The van der Waals surface area contributed by atoms with Crippen LogP contribution < -0.4 is 5.32 Å². The van der Waals surface area contributed by atoms with E-state index in [0.29, 0.717) is 18.8 Å². The van der Waals surface area contributed by atoms with Gasteiger partial charge in [-0.1, -0.05) is 50.5 Å². The zero-order chi connectivity index (χ0) is 20.6. The fourth-order valence-electron chi connectivity index (χ4n) is 4.54. The van der Waals surface area contributed by atoms with Crippen molar-refractivity contribution in [1.82, 2.24) is 15.1 Å². The number of benzene rings is 1. The number of piperidine rings is 1. The van der Waals surface area contributed by atoms with Crippen molar-refractivity contribution in [2.45, 2.75) is 76.5 Å². The van der Waals surface area contributed by atoms with Gasteiger partial charge in [-0.2, -0.15) is 0 Å². The zero-order valence-corrected chi connectivity index (χ0v) is 18.5. The summed E-state index contributed by atoms with van der Waals surface area (Å²) in [6.07, 6.45) is 10.1. The molecule has 1 aromatic carbocycles. The summed E-state index contributed by atoms with van der Waals surface area (Å²) in [6.45, 7) is 4.37. The van der Waals surface area contributed by atoms with Crippen molar-refractivity contribution in [3.05, 3.63) is 35.4 Å². The molecule has 1 unspecified atom stereocenters. The molecule has 0 radical (unpaired) electrons. The zero-order valence-electron chi connectivity index (χ0n) is 18.5. The molecular weight excluding hydrogens is 362 g/mol. The first-order valence-corrected chi connectivity index (χ1v) is 11.5. The number of likely N-dealkylation sites (tertiary alicyclic amines) is 1. The molecule has 2 amide bonds. The Labute approximate surface area is 176 Å². The van der Waals surface area contributed by atoms with Gasteiger partial charge in [-0.25, -0.2) is 4.79 Å². The lowest BCUT2D eigenvalue weighted by molar-refractivity contribution is -0.0514. The van der Waals surface area contributed by atoms with Gasteiger partial charge >= 0.3 is 6.03 Å². The molecule has 5 nitrogen and oxygen atoms in total. The van der Waals surface area contributed by atoms with Crippen LogP contribution in [-0.4, -0.2) is 61.8 Å². The maximum Gasteiger partial charge on any atom is 0.317 e. The lowest BCUT2D eigenvalue weighted by Crippen LogP contribution is -2.48. The second kappa shape index (κ2) is 11.0. The third kappa shape index (κ3) is 6.45. The molecule has 1 aliphatic carbocycles. The van der Waals surface area contributed by atoms with Crippen molar-refractivity contribution < 1.29 is 9.53 Å². The van der Waals surface area contributed by atoms with Crippen LogP contribution in [0.5, 0.6) is 0 Å². The SMILES string of the molecule is CCc1ccc(C(CNC(=O)N2CCC(OC3CCCCC3)CC2)N(C)C)cc1. The van der Waals surface area contributed by atoms with Crippen LogP contribution in [-0.2, 0) is 11.2 Å². The summed E-state index contributed by atoms with van der Waals surface area (Å²) in [4.78, 5) is 16.8. The lowest BCUT2D eigenvalue weighted by atomic mass is 9.97. The Hall–Kier alpha value is -1.59. The minimum atomic E-state index is 0.0538. The highest BCUT2D eigenvalue weighted by atomic mass is 16.5. The van der Waals surface area contributed by atoms with Crippen LogP contribution in [0.2, 0.25) is 0 Å². The van der Waals surface area contributed by atoms with E-state index in [9.17, 15) is 4.79 Å². The van der Waals surface area contributed by atoms with E-state index in [4.69, 9.17) is 4.74 Å². The highest BCUT2D eigenvalue weighted by Crippen LogP contribution is 2.25. The van der Waals surface area contributed by atoms with E-state index in [-0.39, 0.29) is 12.1 Å².